The molecule has 0 aromatic rings. The molecule has 0 aromatic carbocycles. The van der Waals surface area contributed by atoms with E-state index in [9.17, 15) is 0 Å². The van der Waals surface area contributed by atoms with Crippen molar-refractivity contribution >= 4 is 0 Å². The van der Waals surface area contributed by atoms with Crippen LogP contribution in [-0.4, -0.2) is 36.4 Å². The summed E-state index contributed by atoms with van der Waals surface area (Å²) in [6.45, 7) is 3.53. The molecule has 94 valence electrons. The van der Waals surface area contributed by atoms with Gasteiger partial charge in [0.05, 0.1) is 6.61 Å². The van der Waals surface area contributed by atoms with Crippen LogP contribution in [0.5, 0.6) is 0 Å². The molecule has 1 saturated carbocycles. The van der Waals surface area contributed by atoms with E-state index in [1.54, 1.807) is 0 Å². The highest BCUT2D eigenvalue weighted by Crippen LogP contribution is 2.30. The van der Waals surface area contributed by atoms with Crippen molar-refractivity contribution in [2.75, 3.05) is 13.2 Å². The Morgan fingerprint density at radius 1 is 1.25 bits per heavy atom. The minimum absolute atomic E-state index is 0.243. The molecule has 1 aliphatic carbocycles. The van der Waals surface area contributed by atoms with Gasteiger partial charge in [-0.15, -0.1) is 0 Å². The molecule has 0 radical (unpaired) electrons. The molecule has 3 nitrogen and oxygen atoms in total. The minimum Gasteiger partial charge on any atom is -0.395 e. The van der Waals surface area contributed by atoms with Crippen LogP contribution in [0, 0.1) is 5.92 Å². The van der Waals surface area contributed by atoms with Gasteiger partial charge in [-0.1, -0.05) is 12.8 Å². The van der Waals surface area contributed by atoms with Gasteiger partial charge < -0.3 is 15.7 Å². The highest BCUT2D eigenvalue weighted by Gasteiger charge is 2.33. The van der Waals surface area contributed by atoms with Gasteiger partial charge in [-0.05, 0) is 45.1 Å². The van der Waals surface area contributed by atoms with Crippen LogP contribution < -0.4 is 10.6 Å². The lowest BCUT2D eigenvalue weighted by atomic mass is 9.79. The summed E-state index contributed by atoms with van der Waals surface area (Å²) in [7, 11) is 0. The molecular weight excluding hydrogens is 200 g/mol. The Morgan fingerprint density at radius 2 is 2.06 bits per heavy atom. The van der Waals surface area contributed by atoms with Crippen LogP contribution >= 0.6 is 0 Å². The Kier molecular flexibility index (Phi) is 4.62. The van der Waals surface area contributed by atoms with Crippen molar-refractivity contribution in [2.24, 2.45) is 5.92 Å². The molecule has 3 heteroatoms. The maximum absolute atomic E-state index is 9.14. The molecule has 3 N–H and O–H groups in total. The summed E-state index contributed by atoms with van der Waals surface area (Å²) in [5, 5.41) is 16.4. The van der Waals surface area contributed by atoms with Crippen LogP contribution in [0.15, 0.2) is 0 Å². The smallest absolute Gasteiger partial charge is 0.0582 e. The Bertz CT molecular complexity index is 204. The molecular formula is C13H26N2O. The number of hydrogen-bond donors (Lipinski definition) is 3. The molecule has 0 amide bonds. The number of aliphatic hydroxyl groups is 1. The summed E-state index contributed by atoms with van der Waals surface area (Å²) in [6.07, 6.45) is 8.05. The first-order valence-electron chi connectivity index (χ1n) is 6.91. The Labute approximate surface area is 99.0 Å². The van der Waals surface area contributed by atoms with Crippen molar-refractivity contribution < 1.29 is 5.11 Å². The molecule has 0 bridgehead atoms. The van der Waals surface area contributed by atoms with Crippen LogP contribution in [-0.2, 0) is 0 Å². The number of hydrogen-bond acceptors (Lipinski definition) is 3. The second-order valence-electron chi connectivity index (χ2n) is 5.51. The molecule has 2 aliphatic rings. The van der Waals surface area contributed by atoms with E-state index in [0.29, 0.717) is 6.04 Å². The lowest BCUT2D eigenvalue weighted by Crippen LogP contribution is -2.50. The van der Waals surface area contributed by atoms with E-state index < -0.39 is 0 Å². The van der Waals surface area contributed by atoms with E-state index in [1.807, 2.05) is 0 Å². The third-order valence-corrected chi connectivity index (χ3v) is 4.21. The molecule has 1 aliphatic heterocycles. The van der Waals surface area contributed by atoms with Gasteiger partial charge in [0, 0.05) is 18.1 Å². The van der Waals surface area contributed by atoms with E-state index in [-0.39, 0.29) is 12.6 Å². The summed E-state index contributed by atoms with van der Waals surface area (Å²) >= 11 is 0. The monoisotopic (exact) mass is 226 g/mol. The predicted molar refractivity (Wildman–Crippen MR) is 66.5 cm³/mol. The lowest BCUT2D eigenvalue weighted by Gasteiger charge is -2.37. The van der Waals surface area contributed by atoms with Crippen molar-refractivity contribution in [2.45, 2.75) is 63.6 Å². The molecule has 1 saturated heterocycles. The molecule has 2 rings (SSSR count). The standard InChI is InChI=1S/C13H26N2O/c1-10(9-16)15-13-6-3-2-5-11(13)12-7-4-8-14-12/h10-16H,2-9H2,1H3. The first-order valence-corrected chi connectivity index (χ1v) is 6.91. The Morgan fingerprint density at radius 3 is 2.75 bits per heavy atom. The van der Waals surface area contributed by atoms with Gasteiger partial charge in [-0.25, -0.2) is 0 Å². The molecule has 4 atom stereocenters. The lowest BCUT2D eigenvalue weighted by molar-refractivity contribution is 0.174. The summed E-state index contributed by atoms with van der Waals surface area (Å²) < 4.78 is 0. The quantitative estimate of drug-likeness (QED) is 0.676. The molecule has 1 heterocycles. The highest BCUT2D eigenvalue weighted by molar-refractivity contribution is 4.92. The van der Waals surface area contributed by atoms with Gasteiger partial charge in [0.15, 0.2) is 0 Å². The fourth-order valence-corrected chi connectivity index (χ4v) is 3.34. The Balaban J connectivity index is 1.90. The maximum Gasteiger partial charge on any atom is 0.0582 e. The van der Waals surface area contributed by atoms with Gasteiger partial charge in [-0.2, -0.15) is 0 Å². The summed E-state index contributed by atoms with van der Waals surface area (Å²) in [4.78, 5) is 0. The van der Waals surface area contributed by atoms with E-state index >= 15 is 0 Å². The number of nitrogens with one attached hydrogen (secondary N) is 2. The van der Waals surface area contributed by atoms with E-state index in [2.05, 4.69) is 17.6 Å². The maximum atomic E-state index is 9.14. The molecule has 16 heavy (non-hydrogen) atoms. The van der Waals surface area contributed by atoms with Crippen LogP contribution in [0.4, 0.5) is 0 Å². The van der Waals surface area contributed by atoms with Crippen molar-refractivity contribution in [3.8, 4) is 0 Å². The van der Waals surface area contributed by atoms with Gasteiger partial charge in [0.2, 0.25) is 0 Å². The zero-order valence-electron chi connectivity index (χ0n) is 10.4. The van der Waals surface area contributed by atoms with Crippen LogP contribution in [0.2, 0.25) is 0 Å². The SMILES string of the molecule is CC(CO)NC1CCCCC1C1CCCN1. The second-order valence-corrected chi connectivity index (χ2v) is 5.51. The molecule has 2 fully saturated rings. The molecule has 4 unspecified atom stereocenters. The van der Waals surface area contributed by atoms with Crippen molar-refractivity contribution in [3.05, 3.63) is 0 Å². The Hall–Kier alpha value is -0.120. The van der Waals surface area contributed by atoms with Gasteiger partial charge in [-0.3, -0.25) is 0 Å². The van der Waals surface area contributed by atoms with Gasteiger partial charge in [0.1, 0.15) is 0 Å². The van der Waals surface area contributed by atoms with Gasteiger partial charge >= 0.3 is 0 Å². The largest absolute Gasteiger partial charge is 0.395 e. The second kappa shape index (κ2) is 5.99. The third kappa shape index (κ3) is 2.96. The summed E-state index contributed by atoms with van der Waals surface area (Å²) in [6, 6.07) is 1.59. The van der Waals surface area contributed by atoms with Crippen LogP contribution in [0.25, 0.3) is 0 Å². The van der Waals surface area contributed by atoms with Crippen molar-refractivity contribution in [1.82, 2.24) is 10.6 Å². The fraction of sp³-hybridized carbons (Fsp3) is 1.00. The predicted octanol–water partition coefficient (Wildman–Crippen LogP) is 1.27. The number of rotatable bonds is 4. The van der Waals surface area contributed by atoms with E-state index in [0.717, 1.165) is 12.0 Å². The van der Waals surface area contributed by atoms with E-state index in [4.69, 9.17) is 5.11 Å². The van der Waals surface area contributed by atoms with E-state index in [1.165, 1.54) is 45.1 Å². The topological polar surface area (TPSA) is 44.3 Å². The highest BCUT2D eigenvalue weighted by atomic mass is 16.3. The summed E-state index contributed by atoms with van der Waals surface area (Å²) in [5.41, 5.74) is 0. The zero-order chi connectivity index (χ0) is 11.4. The number of aliphatic hydroxyl groups excluding tert-OH is 1. The van der Waals surface area contributed by atoms with Gasteiger partial charge in [0.25, 0.3) is 0 Å². The minimum atomic E-state index is 0.243. The third-order valence-electron chi connectivity index (χ3n) is 4.21. The van der Waals surface area contributed by atoms with Crippen LogP contribution in [0.1, 0.15) is 45.4 Å². The van der Waals surface area contributed by atoms with Crippen molar-refractivity contribution in [1.29, 1.82) is 0 Å². The normalized spacial score (nSPS) is 37.5. The van der Waals surface area contributed by atoms with Crippen molar-refractivity contribution in [3.63, 3.8) is 0 Å². The fourth-order valence-electron chi connectivity index (χ4n) is 3.34. The first-order chi connectivity index (χ1) is 7.81. The zero-order valence-corrected chi connectivity index (χ0v) is 10.4. The summed E-state index contributed by atoms with van der Waals surface area (Å²) in [5.74, 6) is 0.783. The molecule has 0 spiro atoms. The average molecular weight is 226 g/mol. The average Bonchev–Trinajstić information content (AvgIpc) is 2.83. The first kappa shape index (κ1) is 12.3. The van der Waals surface area contributed by atoms with Crippen LogP contribution in [0.3, 0.4) is 0 Å². The molecule has 0 aromatic heterocycles.